The lowest BCUT2D eigenvalue weighted by atomic mass is 10.1. The summed E-state index contributed by atoms with van der Waals surface area (Å²) in [5.74, 6) is 1.41. The molecule has 34 heavy (non-hydrogen) atoms. The Morgan fingerprint density at radius 3 is 2.15 bits per heavy atom. The third-order valence-electron chi connectivity index (χ3n) is 5.65. The largest absolute Gasteiger partial charge is 0.497 e. The molecular formula is C26H29BrN2O5. The fourth-order valence-electron chi connectivity index (χ4n) is 3.76. The number of carbonyl (C=O) groups excluding carboxylic acids is 1. The molecule has 1 aliphatic heterocycles. The average Bonchev–Trinajstić information content (AvgIpc) is 3.19. The van der Waals surface area contributed by atoms with Crippen LogP contribution in [0.5, 0.6) is 11.5 Å². The number of methoxy groups -OCH3 is 2. The zero-order valence-corrected chi connectivity index (χ0v) is 20.7. The number of benzene rings is 3. The van der Waals surface area contributed by atoms with Crippen LogP contribution >= 0.6 is 15.9 Å². The smallest absolute Gasteiger partial charge is 0.255 e. The monoisotopic (exact) mass is 528 g/mol. The van der Waals surface area contributed by atoms with Gasteiger partial charge in [-0.15, -0.1) is 0 Å². The molecule has 1 aliphatic rings. The van der Waals surface area contributed by atoms with E-state index in [9.17, 15) is 9.90 Å². The van der Waals surface area contributed by atoms with Gasteiger partial charge in [0.15, 0.2) is 0 Å². The van der Waals surface area contributed by atoms with E-state index in [2.05, 4.69) is 15.9 Å². The second-order valence-electron chi connectivity index (χ2n) is 7.78. The van der Waals surface area contributed by atoms with Crippen LogP contribution in [-0.2, 0) is 6.54 Å². The summed E-state index contributed by atoms with van der Waals surface area (Å²) in [6, 6.07) is 19.8. The number of amides is 1. The summed E-state index contributed by atoms with van der Waals surface area (Å²) < 4.78 is 11.1. The van der Waals surface area contributed by atoms with Crippen molar-refractivity contribution in [2.45, 2.75) is 18.6 Å². The Morgan fingerprint density at radius 1 is 0.941 bits per heavy atom. The van der Waals surface area contributed by atoms with E-state index in [1.54, 1.807) is 19.1 Å². The van der Waals surface area contributed by atoms with Crippen molar-refractivity contribution in [2.75, 3.05) is 27.4 Å². The molecule has 0 aliphatic carbocycles. The van der Waals surface area contributed by atoms with Crippen molar-refractivity contribution in [1.82, 2.24) is 4.90 Å². The van der Waals surface area contributed by atoms with E-state index >= 15 is 0 Å². The standard InChI is InChI=1S/C17H16BrNO3.C9H13NO2/c1-22-14-4-2-3-11(7-14)16(10-20)19-9-12-5-6-13(18)8-15(12)17(19)21;1-12-8-4-2-3-7(5-8)9(10)6-11/h2-8,16,20H,9-10H2,1H3;2-5,9,11H,6,10H2,1H3. The minimum atomic E-state index is -0.381. The summed E-state index contributed by atoms with van der Waals surface area (Å²) in [5.41, 5.74) is 9.03. The van der Waals surface area contributed by atoms with Crippen molar-refractivity contribution in [3.8, 4) is 11.5 Å². The zero-order chi connectivity index (χ0) is 24.7. The second-order valence-corrected chi connectivity index (χ2v) is 8.69. The van der Waals surface area contributed by atoms with Gasteiger partial charge in [-0.05, 0) is 53.1 Å². The Kier molecular flexibility index (Phi) is 9.06. The molecule has 180 valence electrons. The highest BCUT2D eigenvalue weighted by Gasteiger charge is 2.33. The van der Waals surface area contributed by atoms with Gasteiger partial charge in [-0.3, -0.25) is 4.79 Å². The average molecular weight is 529 g/mol. The molecule has 2 unspecified atom stereocenters. The van der Waals surface area contributed by atoms with E-state index in [4.69, 9.17) is 20.3 Å². The highest BCUT2D eigenvalue weighted by atomic mass is 79.9. The van der Waals surface area contributed by atoms with E-state index in [1.165, 1.54) is 0 Å². The number of carbonyl (C=O) groups is 1. The van der Waals surface area contributed by atoms with Gasteiger partial charge in [0.1, 0.15) is 11.5 Å². The molecule has 8 heteroatoms. The fraction of sp³-hybridized carbons (Fsp3) is 0.269. The first-order chi connectivity index (χ1) is 16.4. The molecule has 1 amide bonds. The molecule has 4 N–H and O–H groups in total. The van der Waals surface area contributed by atoms with Crippen LogP contribution in [0.1, 0.15) is 39.1 Å². The quantitative estimate of drug-likeness (QED) is 0.430. The summed E-state index contributed by atoms with van der Waals surface area (Å²) in [7, 11) is 3.20. The molecule has 3 aromatic carbocycles. The van der Waals surface area contributed by atoms with Crippen LogP contribution in [0.15, 0.2) is 71.2 Å². The molecule has 0 radical (unpaired) electrons. The predicted octanol–water partition coefficient (Wildman–Crippen LogP) is 3.83. The summed E-state index contributed by atoms with van der Waals surface area (Å²) in [5, 5.41) is 18.6. The van der Waals surface area contributed by atoms with Gasteiger partial charge < -0.3 is 30.3 Å². The summed E-state index contributed by atoms with van der Waals surface area (Å²) >= 11 is 3.39. The van der Waals surface area contributed by atoms with Crippen LogP contribution in [0, 0.1) is 0 Å². The Balaban J connectivity index is 0.000000229. The van der Waals surface area contributed by atoms with Crippen LogP contribution in [0.4, 0.5) is 0 Å². The van der Waals surface area contributed by atoms with Crippen LogP contribution in [0.3, 0.4) is 0 Å². The molecule has 0 saturated carbocycles. The Labute approximate surface area is 207 Å². The zero-order valence-electron chi connectivity index (χ0n) is 19.1. The highest BCUT2D eigenvalue weighted by Crippen LogP contribution is 2.33. The molecular weight excluding hydrogens is 500 g/mol. The lowest BCUT2D eigenvalue weighted by molar-refractivity contribution is 0.0615. The van der Waals surface area contributed by atoms with E-state index in [-0.39, 0.29) is 31.2 Å². The molecule has 2 atom stereocenters. The van der Waals surface area contributed by atoms with Gasteiger partial charge in [0.05, 0.1) is 39.5 Å². The van der Waals surface area contributed by atoms with E-state index in [1.807, 2.05) is 66.7 Å². The van der Waals surface area contributed by atoms with Gasteiger partial charge in [-0.1, -0.05) is 46.3 Å². The molecule has 3 aromatic rings. The number of hydrogen-bond acceptors (Lipinski definition) is 6. The molecule has 0 aromatic heterocycles. The molecule has 1 heterocycles. The predicted molar refractivity (Wildman–Crippen MR) is 134 cm³/mol. The Morgan fingerprint density at radius 2 is 1.56 bits per heavy atom. The first-order valence-corrected chi connectivity index (χ1v) is 11.6. The Hall–Kier alpha value is -2.91. The van der Waals surface area contributed by atoms with Gasteiger partial charge in [0, 0.05) is 16.6 Å². The van der Waals surface area contributed by atoms with Crippen molar-refractivity contribution in [3.63, 3.8) is 0 Å². The van der Waals surface area contributed by atoms with Crippen molar-refractivity contribution in [1.29, 1.82) is 0 Å². The van der Waals surface area contributed by atoms with Gasteiger partial charge >= 0.3 is 0 Å². The number of aliphatic hydroxyl groups excluding tert-OH is 2. The number of rotatable bonds is 7. The van der Waals surface area contributed by atoms with E-state index in [0.29, 0.717) is 17.9 Å². The SMILES string of the molecule is COc1cccc(C(CO)N2Cc3ccc(Br)cc3C2=O)c1.COc1cccc(C(N)CO)c1. The van der Waals surface area contributed by atoms with Gasteiger partial charge in [0.2, 0.25) is 0 Å². The number of aliphatic hydroxyl groups is 2. The summed E-state index contributed by atoms with van der Waals surface area (Å²) in [6.07, 6.45) is 0. The number of nitrogens with two attached hydrogens (primary N) is 1. The topological polar surface area (TPSA) is 105 Å². The maximum absolute atomic E-state index is 12.6. The highest BCUT2D eigenvalue weighted by molar-refractivity contribution is 9.10. The fourth-order valence-corrected chi connectivity index (χ4v) is 4.12. The van der Waals surface area contributed by atoms with Gasteiger partial charge in [-0.2, -0.15) is 0 Å². The van der Waals surface area contributed by atoms with Gasteiger partial charge in [0.25, 0.3) is 5.91 Å². The van der Waals surface area contributed by atoms with Crippen LogP contribution < -0.4 is 15.2 Å². The molecule has 0 bridgehead atoms. The van der Waals surface area contributed by atoms with Crippen LogP contribution in [-0.4, -0.2) is 48.5 Å². The maximum atomic E-state index is 12.6. The lowest BCUT2D eigenvalue weighted by Crippen LogP contribution is -2.31. The third kappa shape index (κ3) is 5.95. The first-order valence-electron chi connectivity index (χ1n) is 10.8. The number of halogens is 1. The number of ether oxygens (including phenoxy) is 2. The van der Waals surface area contributed by atoms with E-state index < -0.39 is 0 Å². The number of hydrogen-bond donors (Lipinski definition) is 3. The minimum Gasteiger partial charge on any atom is -0.497 e. The third-order valence-corrected chi connectivity index (χ3v) is 6.14. The Bertz CT molecular complexity index is 1120. The maximum Gasteiger partial charge on any atom is 0.255 e. The number of nitrogens with zero attached hydrogens (tertiary/aromatic N) is 1. The van der Waals surface area contributed by atoms with Crippen molar-refractivity contribution in [3.05, 3.63) is 93.5 Å². The van der Waals surface area contributed by atoms with E-state index in [0.717, 1.165) is 26.9 Å². The molecule has 7 nitrogen and oxygen atoms in total. The molecule has 0 saturated heterocycles. The normalized spacial score (nSPS) is 14.1. The summed E-state index contributed by atoms with van der Waals surface area (Å²) in [6.45, 7) is 0.325. The molecule has 0 spiro atoms. The second kappa shape index (κ2) is 12.0. The first kappa shape index (κ1) is 25.7. The summed E-state index contributed by atoms with van der Waals surface area (Å²) in [4.78, 5) is 14.3. The minimum absolute atomic E-state index is 0.0484. The van der Waals surface area contributed by atoms with Crippen LogP contribution in [0.25, 0.3) is 0 Å². The van der Waals surface area contributed by atoms with Crippen molar-refractivity contribution < 1.29 is 24.5 Å². The van der Waals surface area contributed by atoms with Crippen molar-refractivity contribution in [2.24, 2.45) is 5.73 Å². The molecule has 0 fully saturated rings. The van der Waals surface area contributed by atoms with Crippen molar-refractivity contribution >= 4 is 21.8 Å². The molecule has 4 rings (SSSR count). The lowest BCUT2D eigenvalue weighted by Gasteiger charge is -2.26. The number of fused-ring (bicyclic) bond motifs is 1. The van der Waals surface area contributed by atoms with Gasteiger partial charge in [-0.25, -0.2) is 0 Å². The van der Waals surface area contributed by atoms with Crippen LogP contribution in [0.2, 0.25) is 0 Å².